The van der Waals surface area contributed by atoms with Crippen molar-refractivity contribution in [2.45, 2.75) is 13.0 Å². The molecule has 3 N–H and O–H groups in total. The molecule has 1 heterocycles. The average molecular weight is 241 g/mol. The van der Waals surface area contributed by atoms with E-state index in [1.165, 1.54) is 0 Å². The molecule has 1 amide bonds. The molecule has 68 valence electrons. The molecule has 0 saturated heterocycles. The summed E-state index contributed by atoms with van der Waals surface area (Å²) in [6.07, 6.45) is 0.471. The number of anilines is 1. The van der Waals surface area contributed by atoms with Crippen LogP contribution in [0.5, 0.6) is 0 Å². The number of nitrogens with two attached hydrogens (primary N) is 1. The molecule has 0 bridgehead atoms. The Bertz CT molecular complexity index is 376. The van der Waals surface area contributed by atoms with Crippen molar-refractivity contribution in [3.8, 4) is 0 Å². The monoisotopic (exact) mass is 240 g/mol. The van der Waals surface area contributed by atoms with Crippen molar-refractivity contribution < 1.29 is 4.79 Å². The highest BCUT2D eigenvalue weighted by Gasteiger charge is 2.18. The van der Waals surface area contributed by atoms with Gasteiger partial charge in [0.25, 0.3) is 0 Å². The maximum Gasteiger partial charge on any atom is 0.228 e. The third-order valence-corrected chi connectivity index (χ3v) is 2.86. The normalized spacial score (nSPS) is 14.2. The molecule has 0 spiro atoms. The molecule has 13 heavy (non-hydrogen) atoms. The van der Waals surface area contributed by atoms with Gasteiger partial charge in [0.2, 0.25) is 5.91 Å². The number of amides is 1. The van der Waals surface area contributed by atoms with E-state index in [2.05, 4.69) is 21.2 Å². The number of fused-ring (bicyclic) bond motifs is 1. The van der Waals surface area contributed by atoms with Crippen LogP contribution in [0.1, 0.15) is 11.1 Å². The van der Waals surface area contributed by atoms with E-state index in [-0.39, 0.29) is 5.91 Å². The molecular weight excluding hydrogens is 232 g/mol. The molecule has 1 aromatic carbocycles. The molecule has 0 unspecified atom stereocenters. The van der Waals surface area contributed by atoms with Gasteiger partial charge in [0.1, 0.15) is 0 Å². The van der Waals surface area contributed by atoms with Gasteiger partial charge < -0.3 is 11.1 Å². The summed E-state index contributed by atoms with van der Waals surface area (Å²) in [7, 11) is 0. The molecule has 4 heteroatoms. The van der Waals surface area contributed by atoms with E-state index < -0.39 is 0 Å². The standard InChI is InChI=1S/C9H9BrN2O/c10-7-1-5-3-9(13)12-8(5)2-6(7)4-11/h1-2H,3-4,11H2,(H,12,13). The lowest BCUT2D eigenvalue weighted by Crippen LogP contribution is -2.04. The third kappa shape index (κ3) is 1.47. The quantitative estimate of drug-likeness (QED) is 0.780. The zero-order valence-electron chi connectivity index (χ0n) is 6.93. The van der Waals surface area contributed by atoms with Gasteiger partial charge in [-0.25, -0.2) is 0 Å². The van der Waals surface area contributed by atoms with Crippen molar-refractivity contribution >= 4 is 27.5 Å². The van der Waals surface area contributed by atoms with Crippen LogP contribution in [0.4, 0.5) is 5.69 Å². The maximum absolute atomic E-state index is 11.1. The van der Waals surface area contributed by atoms with Crippen LogP contribution < -0.4 is 11.1 Å². The first kappa shape index (κ1) is 8.72. The Kier molecular flexibility index (Phi) is 2.09. The molecule has 1 aromatic rings. The van der Waals surface area contributed by atoms with Crippen LogP contribution in [0.25, 0.3) is 0 Å². The van der Waals surface area contributed by atoms with Gasteiger partial charge in [0.05, 0.1) is 6.42 Å². The first-order chi connectivity index (χ1) is 6.20. The lowest BCUT2D eigenvalue weighted by molar-refractivity contribution is -0.115. The second-order valence-corrected chi connectivity index (χ2v) is 3.88. The Morgan fingerprint density at radius 2 is 2.31 bits per heavy atom. The number of hydrogen-bond donors (Lipinski definition) is 2. The summed E-state index contributed by atoms with van der Waals surface area (Å²) >= 11 is 3.41. The Balaban J connectivity index is 2.50. The van der Waals surface area contributed by atoms with Crippen molar-refractivity contribution in [1.82, 2.24) is 0 Å². The summed E-state index contributed by atoms with van der Waals surface area (Å²) in [5, 5.41) is 2.78. The fraction of sp³-hybridized carbons (Fsp3) is 0.222. The highest BCUT2D eigenvalue weighted by atomic mass is 79.9. The predicted octanol–water partition coefficient (Wildman–Crippen LogP) is 1.40. The van der Waals surface area contributed by atoms with Crippen molar-refractivity contribution in [2.75, 3.05) is 5.32 Å². The number of carbonyl (C=O) groups excluding carboxylic acids is 1. The lowest BCUT2D eigenvalue weighted by Gasteiger charge is -2.04. The summed E-state index contributed by atoms with van der Waals surface area (Å²) in [4.78, 5) is 11.1. The largest absolute Gasteiger partial charge is 0.326 e. The Hall–Kier alpha value is -0.870. The fourth-order valence-corrected chi connectivity index (χ4v) is 2.00. The lowest BCUT2D eigenvalue weighted by atomic mass is 10.1. The van der Waals surface area contributed by atoms with Crippen LogP contribution >= 0.6 is 15.9 Å². The summed E-state index contributed by atoms with van der Waals surface area (Å²) in [5.74, 6) is 0.0519. The smallest absolute Gasteiger partial charge is 0.228 e. The van der Waals surface area contributed by atoms with Crippen molar-refractivity contribution in [2.24, 2.45) is 5.73 Å². The van der Waals surface area contributed by atoms with E-state index in [0.717, 1.165) is 21.3 Å². The molecule has 0 fully saturated rings. The number of hydrogen-bond acceptors (Lipinski definition) is 2. The van der Waals surface area contributed by atoms with Crippen molar-refractivity contribution in [3.63, 3.8) is 0 Å². The number of nitrogens with one attached hydrogen (secondary N) is 1. The Morgan fingerprint density at radius 1 is 1.54 bits per heavy atom. The van der Waals surface area contributed by atoms with Gasteiger partial charge >= 0.3 is 0 Å². The number of rotatable bonds is 1. The summed E-state index contributed by atoms with van der Waals surface area (Å²) in [5.41, 5.74) is 8.48. The minimum Gasteiger partial charge on any atom is -0.326 e. The predicted molar refractivity (Wildman–Crippen MR) is 54.4 cm³/mol. The first-order valence-corrected chi connectivity index (χ1v) is 4.81. The molecule has 0 atom stereocenters. The number of carbonyl (C=O) groups is 1. The van der Waals surface area contributed by atoms with Crippen LogP contribution in [0, 0.1) is 0 Å². The van der Waals surface area contributed by atoms with E-state index in [4.69, 9.17) is 5.73 Å². The van der Waals surface area contributed by atoms with E-state index in [9.17, 15) is 4.79 Å². The second kappa shape index (κ2) is 3.12. The summed E-state index contributed by atoms with van der Waals surface area (Å²) < 4.78 is 0.977. The number of halogens is 1. The Morgan fingerprint density at radius 3 is 3.00 bits per heavy atom. The topological polar surface area (TPSA) is 55.1 Å². The Labute approximate surface area is 84.4 Å². The van der Waals surface area contributed by atoms with E-state index in [1.807, 2.05) is 12.1 Å². The maximum atomic E-state index is 11.1. The molecule has 1 aliphatic rings. The van der Waals surface area contributed by atoms with Gasteiger partial charge in [-0.2, -0.15) is 0 Å². The van der Waals surface area contributed by atoms with E-state index >= 15 is 0 Å². The molecule has 0 aliphatic carbocycles. The van der Waals surface area contributed by atoms with Crippen LogP contribution in [0.3, 0.4) is 0 Å². The van der Waals surface area contributed by atoms with Gasteiger partial charge in [-0.05, 0) is 23.3 Å². The highest BCUT2D eigenvalue weighted by molar-refractivity contribution is 9.10. The number of benzene rings is 1. The van der Waals surface area contributed by atoms with E-state index in [1.54, 1.807) is 0 Å². The zero-order chi connectivity index (χ0) is 9.42. The van der Waals surface area contributed by atoms with Gasteiger partial charge in [0, 0.05) is 16.7 Å². The summed E-state index contributed by atoms with van der Waals surface area (Å²) in [6.45, 7) is 0.476. The van der Waals surface area contributed by atoms with Gasteiger partial charge in [-0.1, -0.05) is 15.9 Å². The molecule has 0 aromatic heterocycles. The SMILES string of the molecule is NCc1cc2c(cc1Br)CC(=O)N2. The average Bonchev–Trinajstić information content (AvgIpc) is 2.42. The van der Waals surface area contributed by atoms with Crippen LogP contribution in [-0.4, -0.2) is 5.91 Å². The second-order valence-electron chi connectivity index (χ2n) is 3.03. The molecule has 1 aliphatic heterocycles. The third-order valence-electron chi connectivity index (χ3n) is 2.12. The van der Waals surface area contributed by atoms with Gasteiger partial charge in [-0.15, -0.1) is 0 Å². The van der Waals surface area contributed by atoms with Crippen LogP contribution in [0.2, 0.25) is 0 Å². The minimum atomic E-state index is 0.0519. The minimum absolute atomic E-state index is 0.0519. The fourth-order valence-electron chi connectivity index (χ4n) is 1.45. The summed E-state index contributed by atoms with van der Waals surface area (Å²) in [6, 6.07) is 3.87. The molecule has 0 radical (unpaired) electrons. The van der Waals surface area contributed by atoms with Gasteiger partial charge in [-0.3, -0.25) is 4.79 Å². The van der Waals surface area contributed by atoms with E-state index in [0.29, 0.717) is 13.0 Å². The molecule has 0 saturated carbocycles. The van der Waals surface area contributed by atoms with Crippen molar-refractivity contribution in [1.29, 1.82) is 0 Å². The molecular formula is C9H9BrN2O. The van der Waals surface area contributed by atoms with Crippen molar-refractivity contribution in [3.05, 3.63) is 27.7 Å². The van der Waals surface area contributed by atoms with Crippen LogP contribution in [0.15, 0.2) is 16.6 Å². The first-order valence-electron chi connectivity index (χ1n) is 4.02. The highest BCUT2D eigenvalue weighted by Crippen LogP contribution is 2.29. The zero-order valence-corrected chi connectivity index (χ0v) is 8.52. The molecule has 3 nitrogen and oxygen atoms in total. The molecule has 2 rings (SSSR count). The van der Waals surface area contributed by atoms with Crippen LogP contribution in [-0.2, 0) is 17.8 Å². The van der Waals surface area contributed by atoms with Gasteiger partial charge in [0.15, 0.2) is 0 Å².